The Kier molecular flexibility index (Phi) is 4.82. The van der Waals surface area contributed by atoms with Crippen molar-refractivity contribution in [1.29, 1.82) is 0 Å². The number of aromatic nitrogens is 4. The van der Waals surface area contributed by atoms with Crippen LogP contribution in [-0.4, -0.2) is 49.9 Å². The Morgan fingerprint density at radius 2 is 2.03 bits per heavy atom. The molecule has 0 radical (unpaired) electrons. The predicted octanol–water partition coefficient (Wildman–Crippen LogP) is 2.40. The number of imidazole rings is 1. The predicted molar refractivity (Wildman–Crippen MR) is 109 cm³/mol. The quantitative estimate of drug-likeness (QED) is 0.602. The molecule has 5 rings (SSSR count). The highest BCUT2D eigenvalue weighted by molar-refractivity contribution is 6.30. The molecule has 4 heterocycles. The summed E-state index contributed by atoms with van der Waals surface area (Å²) in [5, 5.41) is 0.615. The Balaban J connectivity index is 1.53. The molecule has 2 aromatic heterocycles. The van der Waals surface area contributed by atoms with Gasteiger partial charge in [0.05, 0.1) is 6.33 Å². The van der Waals surface area contributed by atoms with Gasteiger partial charge in [0, 0.05) is 17.5 Å². The number of halogens is 1. The average Bonchev–Trinajstić information content (AvgIpc) is 3.38. The zero-order valence-electron chi connectivity index (χ0n) is 16.8. The number of anilines is 1. The first-order chi connectivity index (χ1) is 14.9. The number of ether oxygens (including phenoxy) is 4. The minimum Gasteiger partial charge on any atom is -0.463 e. The van der Waals surface area contributed by atoms with Crippen molar-refractivity contribution in [2.45, 2.75) is 44.2 Å². The van der Waals surface area contributed by atoms with Crippen LogP contribution < -0.4 is 5.73 Å². The van der Waals surface area contributed by atoms with E-state index in [1.54, 1.807) is 23.0 Å². The van der Waals surface area contributed by atoms with E-state index < -0.39 is 36.3 Å². The van der Waals surface area contributed by atoms with Gasteiger partial charge in [-0.25, -0.2) is 15.0 Å². The van der Waals surface area contributed by atoms with E-state index in [0.717, 1.165) is 5.56 Å². The fraction of sp³-hybridized carbons (Fsp3) is 0.400. The fourth-order valence-corrected chi connectivity index (χ4v) is 4.22. The number of fused-ring (bicyclic) bond motifs is 2. The molecule has 0 aliphatic carbocycles. The first-order valence-electron chi connectivity index (χ1n) is 9.67. The molecule has 11 heteroatoms. The molecule has 0 saturated carbocycles. The van der Waals surface area contributed by atoms with Gasteiger partial charge in [0.2, 0.25) is 0 Å². The van der Waals surface area contributed by atoms with Gasteiger partial charge in [-0.15, -0.1) is 0 Å². The number of carbonyl (C=O) groups excluding carboxylic acids is 1. The van der Waals surface area contributed by atoms with Crippen molar-refractivity contribution in [1.82, 2.24) is 19.5 Å². The summed E-state index contributed by atoms with van der Waals surface area (Å²) in [6, 6.07) is 7.23. The summed E-state index contributed by atoms with van der Waals surface area (Å²) in [5.74, 6) is -0.141. The summed E-state index contributed by atoms with van der Waals surface area (Å²) >= 11 is 6.01. The Morgan fingerprint density at radius 1 is 1.26 bits per heavy atom. The van der Waals surface area contributed by atoms with E-state index in [1.165, 1.54) is 13.3 Å². The van der Waals surface area contributed by atoms with Crippen molar-refractivity contribution in [2.75, 3.05) is 12.3 Å². The first kappa shape index (κ1) is 20.1. The molecule has 162 valence electrons. The number of nitrogens with zero attached hydrogens (tertiary/aromatic N) is 4. The van der Waals surface area contributed by atoms with Crippen LogP contribution >= 0.6 is 11.6 Å². The first-order valence-corrected chi connectivity index (χ1v) is 10.0. The second kappa shape index (κ2) is 7.41. The van der Waals surface area contributed by atoms with Crippen molar-refractivity contribution in [3.8, 4) is 0 Å². The van der Waals surface area contributed by atoms with Gasteiger partial charge in [-0.2, -0.15) is 0 Å². The van der Waals surface area contributed by atoms with E-state index >= 15 is 0 Å². The lowest BCUT2D eigenvalue weighted by molar-refractivity contribution is -0.178. The molecule has 10 nitrogen and oxygen atoms in total. The van der Waals surface area contributed by atoms with E-state index in [2.05, 4.69) is 15.0 Å². The third-order valence-corrected chi connectivity index (χ3v) is 5.81. The largest absolute Gasteiger partial charge is 0.463 e. The van der Waals surface area contributed by atoms with Crippen LogP contribution in [0.15, 0.2) is 36.9 Å². The van der Waals surface area contributed by atoms with Gasteiger partial charge in [0.25, 0.3) is 0 Å². The van der Waals surface area contributed by atoms with Crippen molar-refractivity contribution >= 4 is 34.6 Å². The summed E-state index contributed by atoms with van der Waals surface area (Å²) < 4.78 is 25.9. The number of hydrogen-bond acceptors (Lipinski definition) is 9. The zero-order valence-corrected chi connectivity index (χ0v) is 17.5. The van der Waals surface area contributed by atoms with Crippen LogP contribution in [0.1, 0.15) is 31.9 Å². The smallest absolute Gasteiger partial charge is 0.302 e. The zero-order chi connectivity index (χ0) is 21.8. The topological polar surface area (TPSA) is 124 Å². The molecule has 0 amide bonds. The van der Waals surface area contributed by atoms with Crippen LogP contribution in [0.5, 0.6) is 0 Å². The molecule has 3 aromatic rings. The lowest BCUT2D eigenvalue weighted by Crippen LogP contribution is -2.42. The highest BCUT2D eigenvalue weighted by Gasteiger charge is 2.62. The van der Waals surface area contributed by atoms with Gasteiger partial charge in [0.15, 0.2) is 24.0 Å². The van der Waals surface area contributed by atoms with Gasteiger partial charge in [-0.05, 0) is 19.1 Å². The summed E-state index contributed by atoms with van der Waals surface area (Å²) in [4.78, 5) is 24.0. The van der Waals surface area contributed by atoms with E-state index in [-0.39, 0.29) is 12.4 Å². The number of nitrogen functional groups attached to an aromatic ring is 1. The summed E-state index contributed by atoms with van der Waals surface area (Å²) in [5.41, 5.74) is 6.78. The minimum absolute atomic E-state index is 0.0204. The van der Waals surface area contributed by atoms with Gasteiger partial charge in [-0.1, -0.05) is 23.7 Å². The third-order valence-electron chi connectivity index (χ3n) is 5.56. The maximum Gasteiger partial charge on any atom is 0.302 e. The second-order valence-corrected chi connectivity index (χ2v) is 8.09. The third kappa shape index (κ3) is 3.32. The van der Waals surface area contributed by atoms with Crippen molar-refractivity contribution < 1.29 is 23.7 Å². The molecule has 2 saturated heterocycles. The molecule has 1 unspecified atom stereocenters. The Morgan fingerprint density at radius 3 is 2.77 bits per heavy atom. The summed E-state index contributed by atoms with van der Waals surface area (Å²) in [6.45, 7) is 3.26. The standard InChI is InChI=1S/C20H20ClN5O5/c1-10(27)28-7-13-15-20(2,31-18(30-15)11-3-5-12(21)6-4-11)19(29-13)26-9-25-14-16(22)23-8-24-17(14)26/h3-6,8-9,13,15,18-19H,7H2,1-2H3,(H2,22,23,24)/t13-,15-,18?,19-,20-/m1/s1. The van der Waals surface area contributed by atoms with Crippen LogP contribution in [-0.2, 0) is 23.7 Å². The fourth-order valence-electron chi connectivity index (χ4n) is 4.10. The molecule has 2 fully saturated rings. The number of benzene rings is 1. The molecule has 1 aromatic carbocycles. The van der Waals surface area contributed by atoms with Crippen LogP contribution in [0.4, 0.5) is 5.82 Å². The molecule has 5 atom stereocenters. The SMILES string of the molecule is CC(=O)OC[C@H]1O[C@@H](n2cnc3c(N)ncnc32)[C@]2(C)OC(c3ccc(Cl)cc3)O[C@H]12. The van der Waals surface area contributed by atoms with E-state index in [9.17, 15) is 4.79 Å². The Labute approximate surface area is 182 Å². The highest BCUT2D eigenvalue weighted by atomic mass is 35.5. The lowest BCUT2D eigenvalue weighted by Gasteiger charge is -2.28. The highest BCUT2D eigenvalue weighted by Crippen LogP contribution is 2.52. The van der Waals surface area contributed by atoms with Crippen molar-refractivity contribution in [3.05, 3.63) is 47.5 Å². The van der Waals surface area contributed by atoms with Gasteiger partial charge in [-0.3, -0.25) is 9.36 Å². The van der Waals surface area contributed by atoms with Crippen molar-refractivity contribution in [3.63, 3.8) is 0 Å². The van der Waals surface area contributed by atoms with Crippen molar-refractivity contribution in [2.24, 2.45) is 0 Å². The number of rotatable bonds is 4. The van der Waals surface area contributed by atoms with Crippen LogP contribution in [0.2, 0.25) is 5.02 Å². The molecular formula is C20H20ClN5O5. The normalized spacial score (nSPS) is 29.9. The summed E-state index contributed by atoms with van der Waals surface area (Å²) in [6.07, 6.45) is 0.559. The molecular weight excluding hydrogens is 426 g/mol. The minimum atomic E-state index is -0.928. The van der Waals surface area contributed by atoms with Gasteiger partial charge >= 0.3 is 5.97 Å². The molecule has 0 bridgehead atoms. The molecule has 2 aliphatic heterocycles. The Bertz CT molecular complexity index is 1140. The van der Waals surface area contributed by atoms with E-state index in [4.69, 9.17) is 36.3 Å². The van der Waals surface area contributed by atoms with Crippen LogP contribution in [0.3, 0.4) is 0 Å². The number of esters is 1. The van der Waals surface area contributed by atoms with Gasteiger partial charge < -0.3 is 24.7 Å². The Hall–Kier alpha value is -2.79. The number of carbonyl (C=O) groups is 1. The maximum absolute atomic E-state index is 11.4. The van der Waals surface area contributed by atoms with Gasteiger partial charge in [0.1, 0.15) is 36.3 Å². The van der Waals surface area contributed by atoms with Crippen LogP contribution in [0.25, 0.3) is 11.2 Å². The molecule has 0 spiro atoms. The summed E-state index contributed by atoms with van der Waals surface area (Å²) in [7, 11) is 0. The van der Waals surface area contributed by atoms with E-state index in [1.807, 2.05) is 19.1 Å². The van der Waals surface area contributed by atoms with Crippen LogP contribution in [0, 0.1) is 0 Å². The number of nitrogens with two attached hydrogens (primary N) is 1. The molecule has 2 N–H and O–H groups in total. The number of hydrogen-bond donors (Lipinski definition) is 1. The second-order valence-electron chi connectivity index (χ2n) is 7.65. The monoisotopic (exact) mass is 445 g/mol. The molecule has 2 aliphatic rings. The molecule has 31 heavy (non-hydrogen) atoms. The van der Waals surface area contributed by atoms with E-state index in [0.29, 0.717) is 16.2 Å². The maximum atomic E-state index is 11.4. The average molecular weight is 446 g/mol. The lowest BCUT2D eigenvalue weighted by atomic mass is 9.96.